The van der Waals surface area contributed by atoms with Crippen molar-refractivity contribution in [2.75, 3.05) is 13.1 Å². The van der Waals surface area contributed by atoms with E-state index < -0.39 is 12.1 Å². The second kappa shape index (κ2) is 14.0. The van der Waals surface area contributed by atoms with Crippen LogP contribution < -0.4 is 4.74 Å². The minimum atomic E-state index is -0.854. The molecule has 0 saturated carbocycles. The van der Waals surface area contributed by atoms with E-state index in [2.05, 4.69) is 13.8 Å². The molecule has 0 N–H and O–H groups in total. The number of rotatable bonds is 13. The van der Waals surface area contributed by atoms with Gasteiger partial charge in [-0.05, 0) is 30.5 Å². The summed E-state index contributed by atoms with van der Waals surface area (Å²) < 4.78 is 11.9. The van der Waals surface area contributed by atoms with Crippen molar-refractivity contribution in [3.8, 4) is 5.75 Å². The Morgan fingerprint density at radius 2 is 1.34 bits per heavy atom. The van der Waals surface area contributed by atoms with Gasteiger partial charge in [-0.1, -0.05) is 99.5 Å². The Labute approximate surface area is 208 Å². The SMILES string of the molecule is CCCCN(CCCC)C(=O)C(Oc1ccccc1C(=O)OCc1ccccc1)c1ccccc1. The first-order valence-corrected chi connectivity index (χ1v) is 12.4. The molecule has 0 heterocycles. The number of para-hydroxylation sites is 1. The molecule has 5 nitrogen and oxygen atoms in total. The summed E-state index contributed by atoms with van der Waals surface area (Å²) in [4.78, 5) is 28.6. The van der Waals surface area contributed by atoms with E-state index in [1.54, 1.807) is 24.3 Å². The van der Waals surface area contributed by atoms with Crippen molar-refractivity contribution in [1.29, 1.82) is 0 Å². The molecule has 5 heteroatoms. The molecule has 3 aromatic rings. The van der Waals surface area contributed by atoms with Crippen LogP contribution in [0.3, 0.4) is 0 Å². The number of nitrogens with zero attached hydrogens (tertiary/aromatic N) is 1. The number of carbonyl (C=O) groups is 2. The van der Waals surface area contributed by atoms with E-state index in [4.69, 9.17) is 9.47 Å². The predicted molar refractivity (Wildman–Crippen MR) is 138 cm³/mol. The van der Waals surface area contributed by atoms with Crippen LogP contribution in [0.2, 0.25) is 0 Å². The van der Waals surface area contributed by atoms with Crippen LogP contribution in [0.1, 0.15) is 67.1 Å². The summed E-state index contributed by atoms with van der Waals surface area (Å²) in [7, 11) is 0. The molecular formula is C30H35NO4. The minimum absolute atomic E-state index is 0.0921. The number of unbranched alkanes of at least 4 members (excludes halogenated alkanes) is 2. The van der Waals surface area contributed by atoms with Crippen LogP contribution in [-0.4, -0.2) is 29.9 Å². The van der Waals surface area contributed by atoms with Crippen LogP contribution in [-0.2, 0) is 16.1 Å². The maximum absolute atomic E-state index is 13.7. The molecule has 184 valence electrons. The van der Waals surface area contributed by atoms with Gasteiger partial charge in [0.25, 0.3) is 5.91 Å². The molecule has 0 bridgehead atoms. The zero-order chi connectivity index (χ0) is 24.9. The van der Waals surface area contributed by atoms with Crippen molar-refractivity contribution in [2.45, 2.75) is 52.2 Å². The lowest BCUT2D eigenvalue weighted by Crippen LogP contribution is -2.38. The molecule has 3 aromatic carbocycles. The summed E-state index contributed by atoms with van der Waals surface area (Å²) in [6.45, 7) is 5.76. The molecule has 0 aliphatic heterocycles. The van der Waals surface area contributed by atoms with Gasteiger partial charge in [0.1, 0.15) is 17.9 Å². The van der Waals surface area contributed by atoms with Crippen molar-refractivity contribution in [1.82, 2.24) is 4.90 Å². The third-order valence-electron chi connectivity index (χ3n) is 5.77. The van der Waals surface area contributed by atoms with E-state index in [1.807, 2.05) is 65.6 Å². The molecule has 0 aromatic heterocycles. The van der Waals surface area contributed by atoms with Crippen LogP contribution in [0.25, 0.3) is 0 Å². The fourth-order valence-electron chi connectivity index (χ4n) is 3.75. The fourth-order valence-corrected chi connectivity index (χ4v) is 3.75. The summed E-state index contributed by atoms with van der Waals surface area (Å²) in [6, 6.07) is 25.9. The van der Waals surface area contributed by atoms with Crippen molar-refractivity contribution >= 4 is 11.9 Å². The largest absolute Gasteiger partial charge is 0.475 e. The van der Waals surface area contributed by atoms with Gasteiger partial charge in [-0.15, -0.1) is 0 Å². The second-order valence-corrected chi connectivity index (χ2v) is 8.50. The monoisotopic (exact) mass is 473 g/mol. The van der Waals surface area contributed by atoms with Crippen molar-refractivity contribution in [2.24, 2.45) is 0 Å². The van der Waals surface area contributed by atoms with Gasteiger partial charge < -0.3 is 14.4 Å². The molecule has 35 heavy (non-hydrogen) atoms. The van der Waals surface area contributed by atoms with E-state index in [1.165, 1.54) is 0 Å². The number of hydrogen-bond donors (Lipinski definition) is 0. The van der Waals surface area contributed by atoms with Crippen LogP contribution in [0.5, 0.6) is 5.75 Å². The standard InChI is InChI=1S/C30H35NO4/c1-3-5-21-31(22-6-4-2)29(32)28(25-17-11-8-12-18-25)35-27-20-14-13-19-26(27)30(33)34-23-24-15-9-7-10-16-24/h7-20,28H,3-6,21-23H2,1-2H3. The van der Waals surface area contributed by atoms with Crippen LogP contribution in [0.15, 0.2) is 84.9 Å². The first kappa shape index (κ1) is 26.0. The summed E-state index contributed by atoms with van der Waals surface area (Å²) in [5.74, 6) is -0.248. The number of ether oxygens (including phenoxy) is 2. The van der Waals surface area contributed by atoms with Crippen LogP contribution >= 0.6 is 0 Å². The third kappa shape index (κ3) is 7.71. The Bertz CT molecular complexity index is 1040. The normalized spacial score (nSPS) is 11.5. The second-order valence-electron chi connectivity index (χ2n) is 8.50. The Hall–Kier alpha value is -3.60. The molecular weight excluding hydrogens is 438 g/mol. The van der Waals surface area contributed by atoms with Crippen molar-refractivity contribution < 1.29 is 19.1 Å². The topological polar surface area (TPSA) is 55.8 Å². The highest BCUT2D eigenvalue weighted by atomic mass is 16.5. The minimum Gasteiger partial charge on any atom is -0.475 e. The number of carbonyl (C=O) groups excluding carboxylic acids is 2. The third-order valence-corrected chi connectivity index (χ3v) is 5.77. The van der Waals surface area contributed by atoms with Gasteiger partial charge in [-0.3, -0.25) is 4.79 Å². The number of hydrogen-bond acceptors (Lipinski definition) is 4. The van der Waals surface area contributed by atoms with Gasteiger partial charge in [-0.25, -0.2) is 4.79 Å². The Morgan fingerprint density at radius 1 is 0.771 bits per heavy atom. The molecule has 3 rings (SSSR count). The maximum atomic E-state index is 13.7. The van der Waals surface area contributed by atoms with Crippen molar-refractivity contribution in [3.05, 3.63) is 102 Å². The van der Waals surface area contributed by atoms with Gasteiger partial charge >= 0.3 is 5.97 Å². The number of esters is 1. The quantitative estimate of drug-likeness (QED) is 0.263. The highest BCUT2D eigenvalue weighted by molar-refractivity contribution is 5.93. The van der Waals surface area contributed by atoms with Gasteiger partial charge in [0.05, 0.1) is 0 Å². The maximum Gasteiger partial charge on any atom is 0.342 e. The number of amides is 1. The lowest BCUT2D eigenvalue weighted by molar-refractivity contribution is -0.139. The lowest BCUT2D eigenvalue weighted by atomic mass is 10.1. The predicted octanol–water partition coefficient (Wildman–Crippen LogP) is 6.59. The summed E-state index contributed by atoms with van der Waals surface area (Å²) in [6.07, 6.45) is 3.01. The first-order chi connectivity index (χ1) is 17.1. The van der Waals surface area contributed by atoms with Crippen molar-refractivity contribution in [3.63, 3.8) is 0 Å². The van der Waals surface area contributed by atoms with E-state index in [0.29, 0.717) is 24.4 Å². The molecule has 1 atom stereocenters. The van der Waals surface area contributed by atoms with E-state index >= 15 is 0 Å². The van der Waals surface area contributed by atoms with Gasteiger partial charge in [0, 0.05) is 18.7 Å². The van der Waals surface area contributed by atoms with E-state index in [0.717, 1.165) is 36.8 Å². The summed E-state index contributed by atoms with van der Waals surface area (Å²) in [5.41, 5.74) is 1.95. The van der Waals surface area contributed by atoms with Gasteiger partial charge in [-0.2, -0.15) is 0 Å². The Morgan fingerprint density at radius 3 is 1.97 bits per heavy atom. The molecule has 0 aliphatic carbocycles. The molecule has 1 unspecified atom stereocenters. The molecule has 1 amide bonds. The Balaban J connectivity index is 1.85. The molecule has 0 fully saturated rings. The van der Waals surface area contributed by atoms with E-state index in [-0.39, 0.29) is 12.5 Å². The first-order valence-electron chi connectivity index (χ1n) is 12.4. The Kier molecular flexibility index (Phi) is 10.4. The van der Waals surface area contributed by atoms with Crippen LogP contribution in [0, 0.1) is 0 Å². The highest BCUT2D eigenvalue weighted by Gasteiger charge is 2.29. The summed E-state index contributed by atoms with van der Waals surface area (Å²) >= 11 is 0. The molecule has 0 aliphatic rings. The average Bonchev–Trinajstić information content (AvgIpc) is 2.91. The summed E-state index contributed by atoms with van der Waals surface area (Å²) in [5, 5.41) is 0. The molecule has 0 spiro atoms. The lowest BCUT2D eigenvalue weighted by Gasteiger charge is -2.28. The highest BCUT2D eigenvalue weighted by Crippen LogP contribution is 2.28. The molecule has 0 radical (unpaired) electrons. The fraction of sp³-hybridized carbons (Fsp3) is 0.333. The smallest absolute Gasteiger partial charge is 0.342 e. The average molecular weight is 474 g/mol. The van der Waals surface area contributed by atoms with Crippen LogP contribution in [0.4, 0.5) is 0 Å². The zero-order valence-electron chi connectivity index (χ0n) is 20.7. The van der Waals surface area contributed by atoms with E-state index in [9.17, 15) is 9.59 Å². The molecule has 0 saturated heterocycles. The van der Waals surface area contributed by atoms with Gasteiger partial charge in [0.2, 0.25) is 6.10 Å². The zero-order valence-corrected chi connectivity index (χ0v) is 20.7. The van der Waals surface area contributed by atoms with Gasteiger partial charge in [0.15, 0.2) is 0 Å². The number of benzene rings is 3.